The first-order valence-electron chi connectivity index (χ1n) is 6.50. The van der Waals surface area contributed by atoms with Gasteiger partial charge in [-0.15, -0.1) is 0 Å². The number of nitrogens with one attached hydrogen (secondary N) is 1. The van der Waals surface area contributed by atoms with Crippen molar-refractivity contribution in [1.82, 2.24) is 5.43 Å². The van der Waals surface area contributed by atoms with Crippen LogP contribution in [0.3, 0.4) is 0 Å². The van der Waals surface area contributed by atoms with Crippen LogP contribution in [0.1, 0.15) is 29.7 Å². The van der Waals surface area contributed by atoms with Crippen LogP contribution in [-0.2, 0) is 0 Å². The highest BCUT2D eigenvalue weighted by molar-refractivity contribution is 5.41. The summed E-state index contributed by atoms with van der Waals surface area (Å²) in [6.07, 6.45) is 0. The molecule has 100 valence electrons. The molecule has 2 aromatic carbocycles. The van der Waals surface area contributed by atoms with Crippen molar-refractivity contribution >= 4 is 0 Å². The van der Waals surface area contributed by atoms with Crippen LogP contribution in [0.5, 0.6) is 5.75 Å². The molecular formula is C16H20N2O. The van der Waals surface area contributed by atoms with Gasteiger partial charge in [0.05, 0.1) is 12.6 Å². The summed E-state index contributed by atoms with van der Waals surface area (Å²) in [6, 6.07) is 16.3. The summed E-state index contributed by atoms with van der Waals surface area (Å²) >= 11 is 0. The predicted molar refractivity (Wildman–Crippen MR) is 78.0 cm³/mol. The summed E-state index contributed by atoms with van der Waals surface area (Å²) in [5.74, 6) is 6.60. The van der Waals surface area contributed by atoms with Gasteiger partial charge in [-0.05, 0) is 25.5 Å². The zero-order valence-electron chi connectivity index (χ0n) is 11.4. The molecule has 0 spiro atoms. The van der Waals surface area contributed by atoms with Crippen molar-refractivity contribution < 1.29 is 4.74 Å². The van der Waals surface area contributed by atoms with E-state index in [1.54, 1.807) is 0 Å². The number of rotatable bonds is 5. The minimum absolute atomic E-state index is 0.0663. The molecule has 0 amide bonds. The van der Waals surface area contributed by atoms with Crippen molar-refractivity contribution in [3.63, 3.8) is 0 Å². The Labute approximate surface area is 114 Å². The summed E-state index contributed by atoms with van der Waals surface area (Å²) in [5.41, 5.74) is 6.28. The summed E-state index contributed by atoms with van der Waals surface area (Å²) in [5, 5.41) is 0. The quantitative estimate of drug-likeness (QED) is 0.638. The maximum absolute atomic E-state index is 5.73. The number of aryl methyl sites for hydroxylation is 1. The fourth-order valence-corrected chi connectivity index (χ4v) is 2.13. The molecule has 3 heteroatoms. The van der Waals surface area contributed by atoms with E-state index in [1.807, 2.05) is 31.2 Å². The monoisotopic (exact) mass is 256 g/mol. The molecule has 0 aromatic heterocycles. The van der Waals surface area contributed by atoms with Crippen LogP contribution in [-0.4, -0.2) is 6.61 Å². The van der Waals surface area contributed by atoms with Crippen molar-refractivity contribution in [2.24, 2.45) is 5.84 Å². The molecule has 0 bridgehead atoms. The van der Waals surface area contributed by atoms with E-state index < -0.39 is 0 Å². The van der Waals surface area contributed by atoms with Gasteiger partial charge in [0.1, 0.15) is 5.75 Å². The van der Waals surface area contributed by atoms with Crippen LogP contribution < -0.4 is 16.0 Å². The van der Waals surface area contributed by atoms with E-state index in [2.05, 4.69) is 36.6 Å². The Hall–Kier alpha value is -1.84. The normalized spacial score (nSPS) is 12.2. The number of hydrogen-bond donors (Lipinski definition) is 2. The fourth-order valence-electron chi connectivity index (χ4n) is 2.13. The van der Waals surface area contributed by atoms with Crippen LogP contribution in [0.4, 0.5) is 0 Å². The van der Waals surface area contributed by atoms with E-state index in [0.717, 1.165) is 16.9 Å². The molecule has 0 heterocycles. The van der Waals surface area contributed by atoms with Gasteiger partial charge in [0.15, 0.2) is 0 Å². The van der Waals surface area contributed by atoms with Crippen LogP contribution in [0.25, 0.3) is 0 Å². The number of hydrogen-bond acceptors (Lipinski definition) is 3. The van der Waals surface area contributed by atoms with Crippen molar-refractivity contribution in [2.45, 2.75) is 19.9 Å². The van der Waals surface area contributed by atoms with E-state index in [9.17, 15) is 0 Å². The second-order valence-corrected chi connectivity index (χ2v) is 4.48. The van der Waals surface area contributed by atoms with E-state index in [4.69, 9.17) is 10.6 Å². The lowest BCUT2D eigenvalue weighted by molar-refractivity contribution is 0.333. The van der Waals surface area contributed by atoms with Crippen LogP contribution in [0, 0.1) is 6.92 Å². The van der Waals surface area contributed by atoms with Crippen LogP contribution in [0.2, 0.25) is 0 Å². The van der Waals surface area contributed by atoms with E-state index in [1.165, 1.54) is 5.56 Å². The number of hydrazine groups is 1. The van der Waals surface area contributed by atoms with Crippen molar-refractivity contribution in [1.29, 1.82) is 0 Å². The topological polar surface area (TPSA) is 47.3 Å². The Morgan fingerprint density at radius 1 is 1.11 bits per heavy atom. The molecule has 0 aliphatic heterocycles. The summed E-state index contributed by atoms with van der Waals surface area (Å²) in [6.45, 7) is 4.69. The largest absolute Gasteiger partial charge is 0.494 e. The third kappa shape index (κ3) is 3.13. The highest BCUT2D eigenvalue weighted by Crippen LogP contribution is 2.29. The molecule has 2 aromatic rings. The minimum Gasteiger partial charge on any atom is -0.494 e. The molecular weight excluding hydrogens is 236 g/mol. The molecule has 1 atom stereocenters. The smallest absolute Gasteiger partial charge is 0.124 e. The standard InChI is InChI=1S/C16H20N2O/c1-3-19-15-7-5-4-6-14(15)16(18-17)13-10-8-12(2)9-11-13/h4-11,16,18H,3,17H2,1-2H3. The lowest BCUT2D eigenvalue weighted by atomic mass is 9.97. The molecule has 2 rings (SSSR count). The molecule has 0 radical (unpaired) electrons. The SMILES string of the molecule is CCOc1ccccc1C(NN)c1ccc(C)cc1. The highest BCUT2D eigenvalue weighted by atomic mass is 16.5. The van der Waals surface area contributed by atoms with E-state index in [-0.39, 0.29) is 6.04 Å². The van der Waals surface area contributed by atoms with Gasteiger partial charge >= 0.3 is 0 Å². The minimum atomic E-state index is -0.0663. The van der Waals surface area contributed by atoms with Crippen LogP contribution in [0.15, 0.2) is 48.5 Å². The van der Waals surface area contributed by atoms with Gasteiger partial charge in [-0.1, -0.05) is 48.0 Å². The second kappa shape index (κ2) is 6.36. The first-order chi connectivity index (χ1) is 9.26. The van der Waals surface area contributed by atoms with Gasteiger partial charge in [-0.3, -0.25) is 5.84 Å². The van der Waals surface area contributed by atoms with Crippen LogP contribution >= 0.6 is 0 Å². The van der Waals surface area contributed by atoms with Crippen molar-refractivity contribution in [3.8, 4) is 5.75 Å². The van der Waals surface area contributed by atoms with Gasteiger partial charge in [-0.25, -0.2) is 5.43 Å². The molecule has 3 nitrogen and oxygen atoms in total. The summed E-state index contributed by atoms with van der Waals surface area (Å²) < 4.78 is 5.67. The van der Waals surface area contributed by atoms with Crippen molar-refractivity contribution in [3.05, 3.63) is 65.2 Å². The molecule has 0 aliphatic carbocycles. The number of nitrogens with two attached hydrogens (primary N) is 1. The zero-order chi connectivity index (χ0) is 13.7. The van der Waals surface area contributed by atoms with Gasteiger partial charge in [0.2, 0.25) is 0 Å². The Morgan fingerprint density at radius 3 is 2.42 bits per heavy atom. The van der Waals surface area contributed by atoms with Crippen molar-refractivity contribution in [2.75, 3.05) is 6.61 Å². The molecule has 0 saturated heterocycles. The Kier molecular flexibility index (Phi) is 4.55. The highest BCUT2D eigenvalue weighted by Gasteiger charge is 2.16. The first-order valence-corrected chi connectivity index (χ1v) is 6.50. The van der Waals surface area contributed by atoms with E-state index in [0.29, 0.717) is 6.61 Å². The molecule has 0 fully saturated rings. The Balaban J connectivity index is 2.39. The summed E-state index contributed by atoms with van der Waals surface area (Å²) in [7, 11) is 0. The fraction of sp³-hybridized carbons (Fsp3) is 0.250. The molecule has 0 saturated carbocycles. The zero-order valence-corrected chi connectivity index (χ0v) is 11.4. The van der Waals surface area contributed by atoms with E-state index >= 15 is 0 Å². The first kappa shape index (κ1) is 13.6. The molecule has 1 unspecified atom stereocenters. The third-order valence-electron chi connectivity index (χ3n) is 3.11. The lowest BCUT2D eigenvalue weighted by Crippen LogP contribution is -2.29. The van der Waals surface area contributed by atoms with Gasteiger partial charge in [0, 0.05) is 5.56 Å². The second-order valence-electron chi connectivity index (χ2n) is 4.48. The average Bonchev–Trinajstić information content (AvgIpc) is 2.44. The Morgan fingerprint density at radius 2 is 1.79 bits per heavy atom. The molecule has 19 heavy (non-hydrogen) atoms. The number of ether oxygens (including phenoxy) is 1. The predicted octanol–water partition coefficient (Wildman–Crippen LogP) is 2.95. The molecule has 3 N–H and O–H groups in total. The summed E-state index contributed by atoms with van der Waals surface area (Å²) in [4.78, 5) is 0. The average molecular weight is 256 g/mol. The maximum atomic E-state index is 5.73. The van der Waals surface area contributed by atoms with Gasteiger partial charge in [-0.2, -0.15) is 0 Å². The van der Waals surface area contributed by atoms with Gasteiger partial charge < -0.3 is 4.74 Å². The Bertz CT molecular complexity index is 523. The lowest BCUT2D eigenvalue weighted by Gasteiger charge is -2.20. The van der Waals surface area contributed by atoms with Gasteiger partial charge in [0.25, 0.3) is 0 Å². The maximum Gasteiger partial charge on any atom is 0.124 e. The third-order valence-corrected chi connectivity index (χ3v) is 3.11. The molecule has 0 aliphatic rings. The number of benzene rings is 2. The number of para-hydroxylation sites is 1.